The number of aromatic carboxylic acids is 1. The summed E-state index contributed by atoms with van der Waals surface area (Å²) in [5.74, 6) is -0.632. The maximum atomic E-state index is 10.9. The molecule has 2 heterocycles. The highest BCUT2D eigenvalue weighted by molar-refractivity contribution is 5.88. The van der Waals surface area contributed by atoms with Gasteiger partial charge in [0, 0.05) is 18.6 Å². The van der Waals surface area contributed by atoms with Gasteiger partial charge in [0.15, 0.2) is 5.82 Å². The van der Waals surface area contributed by atoms with Gasteiger partial charge in [0.25, 0.3) is 0 Å². The summed E-state index contributed by atoms with van der Waals surface area (Å²) in [5, 5.41) is 8.95. The maximum absolute atomic E-state index is 10.9. The Hall–Kier alpha value is -2.37. The highest BCUT2D eigenvalue weighted by Gasteiger charge is 2.13. The van der Waals surface area contributed by atoms with Crippen LogP contribution in [0.5, 0.6) is 0 Å². The van der Waals surface area contributed by atoms with Gasteiger partial charge in [0.05, 0.1) is 17.5 Å². The van der Waals surface area contributed by atoms with Crippen LogP contribution in [0.4, 0.5) is 0 Å². The molecule has 0 atom stereocenters. The predicted octanol–water partition coefficient (Wildman–Crippen LogP) is 1.19. The molecule has 0 saturated heterocycles. The predicted molar refractivity (Wildman–Crippen MR) is 59.4 cm³/mol. The molecule has 0 aromatic carbocycles. The smallest absolute Gasteiger partial charge is 0.339 e. The molecule has 0 aliphatic carbocycles. The molecule has 0 amide bonds. The van der Waals surface area contributed by atoms with Crippen LogP contribution in [0.15, 0.2) is 24.8 Å². The Morgan fingerprint density at radius 2 is 2.12 bits per heavy atom. The molecule has 0 saturated carbocycles. The van der Waals surface area contributed by atoms with E-state index in [0.717, 1.165) is 0 Å². The average molecular weight is 230 g/mol. The van der Waals surface area contributed by atoms with Gasteiger partial charge in [-0.05, 0) is 6.42 Å². The van der Waals surface area contributed by atoms with Gasteiger partial charge < -0.3 is 5.11 Å². The summed E-state index contributed by atoms with van der Waals surface area (Å²) in [6.07, 6.45) is 6.45. The van der Waals surface area contributed by atoms with Gasteiger partial charge in [0.2, 0.25) is 0 Å². The summed E-state index contributed by atoms with van der Waals surface area (Å²) in [4.78, 5) is 27.1. The van der Waals surface area contributed by atoms with Gasteiger partial charge in [-0.3, -0.25) is 4.98 Å². The first-order valence-corrected chi connectivity index (χ1v) is 5.08. The third-order valence-electron chi connectivity index (χ3n) is 2.23. The molecular formula is C11H10N4O2. The third-order valence-corrected chi connectivity index (χ3v) is 2.23. The van der Waals surface area contributed by atoms with Crippen LogP contribution in [0.1, 0.15) is 23.0 Å². The molecule has 0 spiro atoms. The van der Waals surface area contributed by atoms with E-state index >= 15 is 0 Å². The zero-order valence-corrected chi connectivity index (χ0v) is 9.16. The van der Waals surface area contributed by atoms with Crippen molar-refractivity contribution in [3.8, 4) is 11.5 Å². The largest absolute Gasteiger partial charge is 0.478 e. The number of aryl methyl sites for hydroxylation is 1. The topological polar surface area (TPSA) is 88.9 Å². The average Bonchev–Trinajstić information content (AvgIpc) is 2.39. The lowest BCUT2D eigenvalue weighted by molar-refractivity contribution is 0.0694. The number of hydrogen-bond donors (Lipinski definition) is 1. The minimum absolute atomic E-state index is 0.125. The van der Waals surface area contributed by atoms with Crippen LogP contribution in [-0.4, -0.2) is 31.0 Å². The summed E-state index contributed by atoms with van der Waals surface area (Å²) in [6.45, 7) is 1.84. The van der Waals surface area contributed by atoms with Crippen molar-refractivity contribution in [2.75, 3.05) is 0 Å². The fourth-order valence-electron chi connectivity index (χ4n) is 1.40. The minimum atomic E-state index is -1.02. The second-order valence-electron chi connectivity index (χ2n) is 3.30. The first-order chi connectivity index (χ1) is 8.22. The first-order valence-electron chi connectivity index (χ1n) is 5.08. The van der Waals surface area contributed by atoms with E-state index in [9.17, 15) is 4.79 Å². The summed E-state index contributed by atoms with van der Waals surface area (Å²) in [5.41, 5.74) is 1.15. The van der Waals surface area contributed by atoms with Gasteiger partial charge in [-0.1, -0.05) is 6.92 Å². The van der Waals surface area contributed by atoms with Gasteiger partial charge in [-0.2, -0.15) is 0 Å². The number of nitrogens with zero attached hydrogens (tertiary/aromatic N) is 4. The van der Waals surface area contributed by atoms with Crippen LogP contribution in [0.2, 0.25) is 0 Å². The van der Waals surface area contributed by atoms with E-state index in [4.69, 9.17) is 5.11 Å². The second-order valence-corrected chi connectivity index (χ2v) is 3.30. The van der Waals surface area contributed by atoms with Crippen LogP contribution < -0.4 is 0 Å². The van der Waals surface area contributed by atoms with E-state index in [1.165, 1.54) is 18.6 Å². The summed E-state index contributed by atoms with van der Waals surface area (Å²) >= 11 is 0. The molecule has 1 N–H and O–H groups in total. The number of carboxylic acid groups (broad SMARTS) is 1. The van der Waals surface area contributed by atoms with Crippen LogP contribution >= 0.6 is 0 Å². The van der Waals surface area contributed by atoms with Crippen LogP contribution in [-0.2, 0) is 6.42 Å². The Bertz CT molecular complexity index is 542. The summed E-state index contributed by atoms with van der Waals surface area (Å²) < 4.78 is 0. The van der Waals surface area contributed by atoms with Crippen molar-refractivity contribution < 1.29 is 9.90 Å². The van der Waals surface area contributed by atoms with Crippen LogP contribution in [0.3, 0.4) is 0 Å². The van der Waals surface area contributed by atoms with Crippen molar-refractivity contribution in [2.24, 2.45) is 0 Å². The third kappa shape index (κ3) is 2.25. The van der Waals surface area contributed by atoms with Crippen LogP contribution in [0, 0.1) is 0 Å². The highest BCUT2D eigenvalue weighted by Crippen LogP contribution is 2.13. The molecule has 17 heavy (non-hydrogen) atoms. The van der Waals surface area contributed by atoms with Crippen molar-refractivity contribution in [1.29, 1.82) is 0 Å². The van der Waals surface area contributed by atoms with Crippen molar-refractivity contribution in [3.63, 3.8) is 0 Å². The Balaban J connectivity index is 2.49. The molecule has 0 aliphatic heterocycles. The van der Waals surface area contributed by atoms with E-state index in [-0.39, 0.29) is 5.56 Å². The standard InChI is InChI=1S/C11H10N4O2/c1-2-8-7(11(16)17)5-14-10(15-8)9-6-12-3-4-13-9/h3-6H,2H2,1H3,(H,16,17). The molecular weight excluding hydrogens is 220 g/mol. The van der Waals surface area contributed by atoms with Crippen molar-refractivity contribution >= 4 is 5.97 Å². The number of carbonyl (C=O) groups is 1. The van der Waals surface area contributed by atoms with E-state index in [2.05, 4.69) is 19.9 Å². The van der Waals surface area contributed by atoms with Crippen molar-refractivity contribution in [1.82, 2.24) is 19.9 Å². The summed E-state index contributed by atoms with van der Waals surface area (Å²) in [7, 11) is 0. The lowest BCUT2D eigenvalue weighted by Crippen LogP contribution is -2.07. The first kappa shape index (κ1) is 11.1. The number of aromatic nitrogens is 4. The zero-order valence-electron chi connectivity index (χ0n) is 9.16. The normalized spacial score (nSPS) is 10.2. The zero-order chi connectivity index (χ0) is 12.3. The molecule has 6 nitrogen and oxygen atoms in total. The van der Waals surface area contributed by atoms with E-state index in [1.54, 1.807) is 6.20 Å². The number of rotatable bonds is 3. The molecule has 6 heteroatoms. The molecule has 2 aromatic rings. The Morgan fingerprint density at radius 1 is 1.29 bits per heavy atom. The molecule has 0 bridgehead atoms. The van der Waals surface area contributed by atoms with Crippen molar-refractivity contribution in [2.45, 2.75) is 13.3 Å². The Kier molecular flexibility index (Phi) is 3.04. The lowest BCUT2D eigenvalue weighted by atomic mass is 10.2. The molecule has 0 aliphatic rings. The van der Waals surface area contributed by atoms with E-state index in [1.807, 2.05) is 6.92 Å². The minimum Gasteiger partial charge on any atom is -0.478 e. The Morgan fingerprint density at radius 3 is 2.71 bits per heavy atom. The number of carboxylic acids is 1. The highest BCUT2D eigenvalue weighted by atomic mass is 16.4. The molecule has 0 unspecified atom stereocenters. The van der Waals surface area contributed by atoms with Crippen molar-refractivity contribution in [3.05, 3.63) is 36.0 Å². The fraction of sp³-hybridized carbons (Fsp3) is 0.182. The van der Waals surface area contributed by atoms with Gasteiger partial charge >= 0.3 is 5.97 Å². The fourth-order valence-corrected chi connectivity index (χ4v) is 1.40. The molecule has 2 aromatic heterocycles. The SMILES string of the molecule is CCc1nc(-c2cnccn2)ncc1C(=O)O. The molecule has 0 radical (unpaired) electrons. The lowest BCUT2D eigenvalue weighted by Gasteiger charge is -2.04. The van der Waals surface area contributed by atoms with E-state index < -0.39 is 5.97 Å². The van der Waals surface area contributed by atoms with Gasteiger partial charge in [-0.25, -0.2) is 19.7 Å². The second kappa shape index (κ2) is 4.65. The number of hydrogen-bond acceptors (Lipinski definition) is 5. The molecule has 0 fully saturated rings. The monoisotopic (exact) mass is 230 g/mol. The molecule has 2 rings (SSSR count). The van der Waals surface area contributed by atoms with E-state index in [0.29, 0.717) is 23.6 Å². The van der Waals surface area contributed by atoms with Gasteiger partial charge in [0.1, 0.15) is 5.69 Å². The maximum Gasteiger partial charge on any atom is 0.339 e. The Labute approximate surface area is 97.4 Å². The van der Waals surface area contributed by atoms with Crippen LogP contribution in [0.25, 0.3) is 11.5 Å². The van der Waals surface area contributed by atoms with Gasteiger partial charge in [-0.15, -0.1) is 0 Å². The summed E-state index contributed by atoms with van der Waals surface area (Å²) in [6, 6.07) is 0. The quantitative estimate of drug-likeness (QED) is 0.852. The molecule has 86 valence electrons.